The Morgan fingerprint density at radius 2 is 2.00 bits per heavy atom. The number of carbonyl (C=O) groups is 1. The number of benzene rings is 2. The van der Waals surface area contributed by atoms with Crippen LogP contribution >= 0.6 is 11.3 Å². The highest BCUT2D eigenvalue weighted by Crippen LogP contribution is 2.29. The molecule has 4 rings (SSSR count). The summed E-state index contributed by atoms with van der Waals surface area (Å²) in [5.41, 5.74) is 0.100. The summed E-state index contributed by atoms with van der Waals surface area (Å²) in [6.45, 7) is -0.327. The van der Waals surface area contributed by atoms with Crippen molar-refractivity contribution in [1.82, 2.24) is 9.55 Å². The summed E-state index contributed by atoms with van der Waals surface area (Å²) in [4.78, 5) is 29.0. The molecule has 130 valence electrons. The van der Waals surface area contributed by atoms with Crippen LogP contribution in [0, 0.1) is 11.6 Å². The Labute approximate surface area is 149 Å². The summed E-state index contributed by atoms with van der Waals surface area (Å²) >= 11 is 1.31. The van der Waals surface area contributed by atoms with E-state index < -0.39 is 17.5 Å². The van der Waals surface area contributed by atoms with Crippen molar-refractivity contribution in [1.29, 1.82) is 0 Å². The van der Waals surface area contributed by atoms with E-state index in [2.05, 4.69) is 10.3 Å². The molecule has 0 atom stereocenters. The number of hydrogen-bond donors (Lipinski definition) is 1. The van der Waals surface area contributed by atoms with E-state index in [0.717, 1.165) is 26.8 Å². The minimum atomic E-state index is -0.885. The minimum absolute atomic E-state index is 0.152. The SMILES string of the molecule is O=C(Cn1cnc2c(sc3ccccc32)c1=O)Nc1ccc(F)cc1F. The molecule has 8 heteroatoms. The molecule has 0 fully saturated rings. The summed E-state index contributed by atoms with van der Waals surface area (Å²) in [7, 11) is 0. The van der Waals surface area contributed by atoms with Crippen LogP contribution in [-0.2, 0) is 11.3 Å². The summed E-state index contributed by atoms with van der Waals surface area (Å²) in [6.07, 6.45) is 1.30. The van der Waals surface area contributed by atoms with Gasteiger partial charge in [0.25, 0.3) is 5.56 Å². The Kier molecular flexibility index (Phi) is 3.96. The number of fused-ring (bicyclic) bond motifs is 3. The average molecular weight is 371 g/mol. The van der Waals surface area contributed by atoms with Gasteiger partial charge in [-0.3, -0.25) is 14.2 Å². The number of nitrogens with zero attached hydrogens (tertiary/aromatic N) is 2. The van der Waals surface area contributed by atoms with E-state index in [4.69, 9.17) is 0 Å². The second kappa shape index (κ2) is 6.30. The molecule has 4 aromatic rings. The number of carbonyl (C=O) groups excluding carboxylic acids is 1. The van der Waals surface area contributed by atoms with Gasteiger partial charge in [-0.1, -0.05) is 18.2 Å². The lowest BCUT2D eigenvalue weighted by atomic mass is 10.2. The number of rotatable bonds is 3. The van der Waals surface area contributed by atoms with Gasteiger partial charge in [-0.05, 0) is 18.2 Å². The maximum Gasteiger partial charge on any atom is 0.271 e. The molecule has 0 bridgehead atoms. The fraction of sp³-hybridized carbons (Fsp3) is 0.0556. The van der Waals surface area contributed by atoms with E-state index in [1.54, 1.807) is 0 Å². The number of thiophene rings is 1. The van der Waals surface area contributed by atoms with Crippen molar-refractivity contribution in [3.8, 4) is 0 Å². The summed E-state index contributed by atoms with van der Waals surface area (Å²) < 4.78 is 29.1. The molecule has 2 aromatic heterocycles. The molecule has 2 heterocycles. The van der Waals surface area contributed by atoms with Crippen LogP contribution in [0.4, 0.5) is 14.5 Å². The van der Waals surface area contributed by atoms with Gasteiger partial charge in [0.1, 0.15) is 22.9 Å². The number of halogens is 2. The van der Waals surface area contributed by atoms with Gasteiger partial charge in [-0.15, -0.1) is 11.3 Å². The zero-order valence-corrected chi connectivity index (χ0v) is 14.0. The fourth-order valence-electron chi connectivity index (χ4n) is 2.66. The molecule has 0 unspecified atom stereocenters. The molecular formula is C18H11F2N3O2S. The smallest absolute Gasteiger partial charge is 0.271 e. The Bertz CT molecular complexity index is 1220. The molecule has 1 amide bonds. The van der Waals surface area contributed by atoms with Crippen LogP contribution < -0.4 is 10.9 Å². The largest absolute Gasteiger partial charge is 0.322 e. The molecule has 0 saturated heterocycles. The molecule has 5 nitrogen and oxygen atoms in total. The average Bonchev–Trinajstić information content (AvgIpc) is 2.99. The van der Waals surface area contributed by atoms with Crippen LogP contribution in [0.15, 0.2) is 53.6 Å². The van der Waals surface area contributed by atoms with E-state index in [0.29, 0.717) is 16.3 Å². The van der Waals surface area contributed by atoms with Crippen LogP contribution in [0.1, 0.15) is 0 Å². The second-order valence-corrected chi connectivity index (χ2v) is 6.68. The first-order valence-electron chi connectivity index (χ1n) is 7.64. The number of hydrogen-bond acceptors (Lipinski definition) is 4. The van der Waals surface area contributed by atoms with Gasteiger partial charge < -0.3 is 5.32 Å². The highest BCUT2D eigenvalue weighted by atomic mass is 32.1. The van der Waals surface area contributed by atoms with Gasteiger partial charge in [-0.25, -0.2) is 13.8 Å². The minimum Gasteiger partial charge on any atom is -0.322 e. The lowest BCUT2D eigenvalue weighted by Gasteiger charge is -2.08. The first-order chi connectivity index (χ1) is 12.5. The van der Waals surface area contributed by atoms with Gasteiger partial charge in [-0.2, -0.15) is 0 Å². The molecule has 2 aromatic carbocycles. The van der Waals surface area contributed by atoms with Crippen molar-refractivity contribution >= 4 is 43.2 Å². The Hall–Kier alpha value is -3.13. The lowest BCUT2D eigenvalue weighted by Crippen LogP contribution is -2.27. The van der Waals surface area contributed by atoms with Crippen LogP contribution in [0.25, 0.3) is 20.3 Å². The van der Waals surface area contributed by atoms with Crippen LogP contribution in [0.2, 0.25) is 0 Å². The van der Waals surface area contributed by atoms with Crippen LogP contribution in [-0.4, -0.2) is 15.5 Å². The normalized spacial score (nSPS) is 11.2. The molecule has 0 spiro atoms. The Balaban J connectivity index is 1.64. The second-order valence-electron chi connectivity index (χ2n) is 5.63. The Morgan fingerprint density at radius 3 is 2.81 bits per heavy atom. The van der Waals surface area contributed by atoms with Crippen molar-refractivity contribution in [3.63, 3.8) is 0 Å². The highest BCUT2D eigenvalue weighted by Gasteiger charge is 2.14. The van der Waals surface area contributed by atoms with Gasteiger partial charge in [0.2, 0.25) is 5.91 Å². The van der Waals surface area contributed by atoms with E-state index in [1.165, 1.54) is 17.7 Å². The number of aromatic nitrogens is 2. The van der Waals surface area contributed by atoms with E-state index in [-0.39, 0.29) is 17.8 Å². The van der Waals surface area contributed by atoms with E-state index in [1.807, 2.05) is 24.3 Å². The van der Waals surface area contributed by atoms with E-state index >= 15 is 0 Å². The molecule has 26 heavy (non-hydrogen) atoms. The molecule has 0 saturated carbocycles. The van der Waals surface area contributed by atoms with Crippen molar-refractivity contribution in [2.45, 2.75) is 6.54 Å². The van der Waals surface area contributed by atoms with Gasteiger partial charge in [0.15, 0.2) is 0 Å². The van der Waals surface area contributed by atoms with Crippen molar-refractivity contribution in [3.05, 3.63) is 70.8 Å². The number of nitrogens with one attached hydrogen (secondary N) is 1. The molecule has 0 aliphatic heterocycles. The zero-order chi connectivity index (χ0) is 18.3. The third-order valence-electron chi connectivity index (χ3n) is 3.87. The first-order valence-corrected chi connectivity index (χ1v) is 8.46. The topological polar surface area (TPSA) is 64.0 Å². The van der Waals surface area contributed by atoms with Crippen molar-refractivity contribution < 1.29 is 13.6 Å². The quantitative estimate of drug-likeness (QED) is 0.599. The third kappa shape index (κ3) is 2.84. The summed E-state index contributed by atoms with van der Waals surface area (Å²) in [6, 6.07) is 10.4. The lowest BCUT2D eigenvalue weighted by molar-refractivity contribution is -0.116. The van der Waals surface area contributed by atoms with Crippen molar-refractivity contribution in [2.75, 3.05) is 5.32 Å². The van der Waals surface area contributed by atoms with Gasteiger partial charge >= 0.3 is 0 Å². The van der Waals surface area contributed by atoms with Crippen LogP contribution in [0.5, 0.6) is 0 Å². The fourth-order valence-corrected chi connectivity index (χ4v) is 3.77. The monoisotopic (exact) mass is 371 g/mol. The van der Waals surface area contributed by atoms with Crippen molar-refractivity contribution in [2.24, 2.45) is 0 Å². The number of anilines is 1. The molecule has 0 radical (unpaired) electrons. The molecule has 1 N–H and O–H groups in total. The van der Waals surface area contributed by atoms with Gasteiger partial charge in [0.05, 0.1) is 17.5 Å². The summed E-state index contributed by atoms with van der Waals surface area (Å²) in [5.74, 6) is -2.24. The predicted octanol–water partition coefficient (Wildman–Crippen LogP) is 3.53. The highest BCUT2D eigenvalue weighted by molar-refractivity contribution is 7.25. The maximum absolute atomic E-state index is 13.6. The predicted molar refractivity (Wildman–Crippen MR) is 96.4 cm³/mol. The Morgan fingerprint density at radius 1 is 1.19 bits per heavy atom. The molecular weight excluding hydrogens is 360 g/mol. The standard InChI is InChI=1S/C18H11F2N3O2S/c19-10-5-6-13(12(20)7-10)22-15(24)8-23-9-21-16-11-3-1-2-4-14(11)26-17(16)18(23)25/h1-7,9H,8H2,(H,22,24). The third-order valence-corrected chi connectivity index (χ3v) is 5.02. The molecule has 0 aliphatic carbocycles. The number of amides is 1. The first kappa shape index (κ1) is 16.3. The van der Waals surface area contributed by atoms with Crippen LogP contribution in [0.3, 0.4) is 0 Å². The van der Waals surface area contributed by atoms with Gasteiger partial charge in [0, 0.05) is 16.2 Å². The summed E-state index contributed by atoms with van der Waals surface area (Å²) in [5, 5.41) is 3.21. The zero-order valence-electron chi connectivity index (χ0n) is 13.2. The maximum atomic E-state index is 13.6. The molecule has 0 aliphatic rings. The van der Waals surface area contributed by atoms with E-state index in [9.17, 15) is 18.4 Å².